The number of hydrogen-bond donors (Lipinski definition) is 0. The van der Waals surface area contributed by atoms with E-state index >= 15 is 0 Å². The Bertz CT molecular complexity index is 877. The first-order valence-corrected chi connectivity index (χ1v) is 7.61. The fraction of sp³-hybridized carbons (Fsp3) is 0.167. The number of hydrogen-bond acceptors (Lipinski definition) is 5. The molecule has 2 atom stereocenters. The lowest BCUT2D eigenvalue weighted by Crippen LogP contribution is -2.33. The highest BCUT2D eigenvalue weighted by Gasteiger charge is 2.56. The number of benzene rings is 2. The van der Waals surface area contributed by atoms with Crippen LogP contribution in [0.15, 0.2) is 53.7 Å². The molecular formula is C18H13FN2O4. The fourth-order valence-electron chi connectivity index (χ4n) is 3.02. The van der Waals surface area contributed by atoms with Crippen LogP contribution < -0.4 is 9.64 Å². The first-order valence-electron chi connectivity index (χ1n) is 7.61. The summed E-state index contributed by atoms with van der Waals surface area (Å²) in [5.74, 6) is -1.50. The molecule has 0 spiro atoms. The number of carbonyl (C=O) groups is 2. The van der Waals surface area contributed by atoms with E-state index < -0.39 is 29.7 Å². The van der Waals surface area contributed by atoms with Crippen molar-refractivity contribution >= 4 is 23.2 Å². The molecule has 1 saturated heterocycles. The van der Waals surface area contributed by atoms with Gasteiger partial charge in [-0.25, -0.2) is 9.29 Å². The van der Waals surface area contributed by atoms with E-state index in [0.717, 1.165) is 4.90 Å². The van der Waals surface area contributed by atoms with Crippen molar-refractivity contribution in [2.45, 2.75) is 6.10 Å². The van der Waals surface area contributed by atoms with Crippen LogP contribution in [0.5, 0.6) is 5.75 Å². The lowest BCUT2D eigenvalue weighted by atomic mass is 9.94. The molecule has 1 fully saturated rings. The summed E-state index contributed by atoms with van der Waals surface area (Å²) in [4.78, 5) is 31.7. The molecule has 4 rings (SSSR count). The molecule has 0 radical (unpaired) electrons. The van der Waals surface area contributed by atoms with Crippen LogP contribution in [0.4, 0.5) is 10.1 Å². The van der Waals surface area contributed by atoms with Crippen LogP contribution in [0.2, 0.25) is 0 Å². The largest absolute Gasteiger partial charge is 0.497 e. The van der Waals surface area contributed by atoms with Crippen LogP contribution in [0.3, 0.4) is 0 Å². The molecule has 2 heterocycles. The minimum Gasteiger partial charge on any atom is -0.497 e. The molecule has 0 bridgehead atoms. The summed E-state index contributed by atoms with van der Waals surface area (Å²) in [5.41, 5.74) is 1.32. The van der Waals surface area contributed by atoms with E-state index in [-0.39, 0.29) is 0 Å². The van der Waals surface area contributed by atoms with Crippen molar-refractivity contribution in [3.05, 3.63) is 59.9 Å². The Balaban J connectivity index is 1.67. The number of imide groups is 1. The van der Waals surface area contributed by atoms with E-state index in [0.29, 0.717) is 22.7 Å². The zero-order chi connectivity index (χ0) is 17.6. The van der Waals surface area contributed by atoms with Gasteiger partial charge >= 0.3 is 0 Å². The standard InChI is InChI=1S/C18H13FN2O4/c1-24-13-8-6-12(7-9-13)21-17(22)14-15(20-25-16(14)18(21)23)10-2-4-11(19)5-3-10/h2-9,14,16H,1H3/t14-,16+/m0/s1. The summed E-state index contributed by atoms with van der Waals surface area (Å²) in [5, 5.41) is 3.88. The molecule has 2 aliphatic heterocycles. The highest BCUT2D eigenvalue weighted by molar-refractivity contribution is 6.32. The van der Waals surface area contributed by atoms with Gasteiger partial charge in [-0.05, 0) is 36.4 Å². The zero-order valence-corrected chi connectivity index (χ0v) is 13.2. The van der Waals surface area contributed by atoms with Gasteiger partial charge in [0.15, 0.2) is 0 Å². The van der Waals surface area contributed by atoms with Crippen molar-refractivity contribution < 1.29 is 23.6 Å². The van der Waals surface area contributed by atoms with E-state index in [9.17, 15) is 14.0 Å². The van der Waals surface area contributed by atoms with Gasteiger partial charge in [0, 0.05) is 5.56 Å². The number of ether oxygens (including phenoxy) is 1. The number of nitrogens with zero attached hydrogens (tertiary/aromatic N) is 2. The number of fused-ring (bicyclic) bond motifs is 1. The Morgan fingerprint density at radius 1 is 1.04 bits per heavy atom. The van der Waals surface area contributed by atoms with Gasteiger partial charge in [0.1, 0.15) is 23.2 Å². The van der Waals surface area contributed by atoms with E-state index in [1.807, 2.05) is 0 Å². The van der Waals surface area contributed by atoms with Crippen LogP contribution in [0.1, 0.15) is 5.56 Å². The molecule has 6 nitrogen and oxygen atoms in total. The molecule has 0 aliphatic carbocycles. The predicted molar refractivity (Wildman–Crippen MR) is 86.8 cm³/mol. The van der Waals surface area contributed by atoms with Crippen LogP contribution in [-0.2, 0) is 14.4 Å². The number of carbonyl (C=O) groups excluding carboxylic acids is 2. The molecule has 2 aliphatic rings. The van der Waals surface area contributed by atoms with Crippen LogP contribution in [-0.4, -0.2) is 30.7 Å². The van der Waals surface area contributed by atoms with Crippen molar-refractivity contribution in [3.8, 4) is 5.75 Å². The summed E-state index contributed by atoms with van der Waals surface area (Å²) in [7, 11) is 1.53. The molecule has 0 saturated carbocycles. The molecule has 2 amide bonds. The number of anilines is 1. The first-order chi connectivity index (χ1) is 12.1. The summed E-state index contributed by atoms with van der Waals surface area (Å²) < 4.78 is 18.2. The number of halogens is 1. The molecule has 0 N–H and O–H groups in total. The van der Waals surface area contributed by atoms with Gasteiger partial charge in [-0.3, -0.25) is 9.59 Å². The molecule has 25 heavy (non-hydrogen) atoms. The molecule has 7 heteroatoms. The van der Waals surface area contributed by atoms with Crippen molar-refractivity contribution in [1.82, 2.24) is 0 Å². The average Bonchev–Trinajstić information content (AvgIpc) is 3.17. The topological polar surface area (TPSA) is 68.2 Å². The average molecular weight is 340 g/mol. The van der Waals surface area contributed by atoms with E-state index in [4.69, 9.17) is 9.57 Å². The van der Waals surface area contributed by atoms with E-state index in [2.05, 4.69) is 5.16 Å². The van der Waals surface area contributed by atoms with Gasteiger partial charge in [-0.1, -0.05) is 17.3 Å². The van der Waals surface area contributed by atoms with Gasteiger partial charge in [-0.15, -0.1) is 0 Å². The van der Waals surface area contributed by atoms with Crippen LogP contribution >= 0.6 is 0 Å². The maximum atomic E-state index is 13.1. The van der Waals surface area contributed by atoms with Gasteiger partial charge in [0.2, 0.25) is 12.0 Å². The lowest BCUT2D eigenvalue weighted by molar-refractivity contribution is -0.126. The summed E-state index contributed by atoms with van der Waals surface area (Å²) in [6.07, 6.45) is -0.991. The number of oxime groups is 1. The van der Waals surface area contributed by atoms with Gasteiger partial charge in [0.05, 0.1) is 12.8 Å². The van der Waals surface area contributed by atoms with Gasteiger partial charge in [-0.2, -0.15) is 0 Å². The second-order valence-corrected chi connectivity index (χ2v) is 5.70. The molecule has 0 unspecified atom stereocenters. The molecule has 2 aromatic rings. The van der Waals surface area contributed by atoms with Crippen LogP contribution in [0, 0.1) is 11.7 Å². The minimum atomic E-state index is -0.991. The Hall–Kier alpha value is -3.22. The van der Waals surface area contributed by atoms with E-state index in [1.165, 1.54) is 31.4 Å². The van der Waals surface area contributed by atoms with E-state index in [1.54, 1.807) is 24.3 Å². The number of rotatable bonds is 3. The van der Waals surface area contributed by atoms with Gasteiger partial charge < -0.3 is 9.57 Å². The Morgan fingerprint density at radius 2 is 1.72 bits per heavy atom. The second kappa shape index (κ2) is 5.70. The summed E-state index contributed by atoms with van der Waals surface area (Å²) in [6.45, 7) is 0. The molecule has 0 aromatic heterocycles. The minimum absolute atomic E-state index is 0.333. The third-order valence-corrected chi connectivity index (χ3v) is 4.28. The first kappa shape index (κ1) is 15.3. The monoisotopic (exact) mass is 340 g/mol. The smallest absolute Gasteiger partial charge is 0.278 e. The Kier molecular flexibility index (Phi) is 3.49. The number of methoxy groups -OCH3 is 1. The summed E-state index contributed by atoms with van der Waals surface area (Å²) >= 11 is 0. The van der Waals surface area contributed by atoms with Crippen molar-refractivity contribution in [1.29, 1.82) is 0 Å². The third kappa shape index (κ3) is 2.36. The predicted octanol–water partition coefficient (Wildman–Crippen LogP) is 2.13. The van der Waals surface area contributed by atoms with Crippen LogP contribution in [0.25, 0.3) is 0 Å². The number of amides is 2. The second-order valence-electron chi connectivity index (χ2n) is 5.70. The quantitative estimate of drug-likeness (QED) is 0.803. The molecular weight excluding hydrogens is 327 g/mol. The SMILES string of the molecule is COc1ccc(N2C(=O)[C@H]3C(c4ccc(F)cc4)=NO[C@H]3C2=O)cc1. The van der Waals surface area contributed by atoms with Crippen molar-refractivity contribution in [2.75, 3.05) is 12.0 Å². The van der Waals surface area contributed by atoms with Gasteiger partial charge in [0.25, 0.3) is 5.91 Å². The molecule has 126 valence electrons. The maximum Gasteiger partial charge on any atom is 0.278 e. The highest BCUT2D eigenvalue weighted by Crippen LogP contribution is 2.35. The Morgan fingerprint density at radius 3 is 2.36 bits per heavy atom. The molecule has 2 aromatic carbocycles. The zero-order valence-electron chi connectivity index (χ0n) is 13.2. The lowest BCUT2D eigenvalue weighted by Gasteiger charge is -2.15. The fourth-order valence-corrected chi connectivity index (χ4v) is 3.02. The summed E-state index contributed by atoms with van der Waals surface area (Å²) in [6, 6.07) is 12.1. The Labute approximate surface area is 142 Å². The maximum absolute atomic E-state index is 13.1. The normalized spacial score (nSPS) is 21.8. The van der Waals surface area contributed by atoms with Crippen molar-refractivity contribution in [3.63, 3.8) is 0 Å². The van der Waals surface area contributed by atoms with Crippen molar-refractivity contribution in [2.24, 2.45) is 11.1 Å². The highest BCUT2D eigenvalue weighted by atomic mass is 19.1. The third-order valence-electron chi connectivity index (χ3n) is 4.28.